The van der Waals surface area contributed by atoms with Crippen LogP contribution in [0.15, 0.2) is 9.98 Å². The van der Waals surface area contributed by atoms with Crippen molar-refractivity contribution in [2.45, 2.75) is 219 Å². The SMILES string of the molecule is CCCCCCCCCCCCCCCCCC(CCCCCCCCCCCCCCCCC)[C+]1N=CC=N1. The molecule has 2 heteroatoms. The molecule has 234 valence electrons. The first-order valence-corrected chi connectivity index (χ1v) is 18.8. The molecule has 0 aromatic heterocycles. The van der Waals surface area contributed by atoms with Gasteiger partial charge in [0.1, 0.15) is 0 Å². The Hall–Kier alpha value is -0.790. The molecular weight excluding hydrogens is 484 g/mol. The summed E-state index contributed by atoms with van der Waals surface area (Å²) in [6.07, 6.45) is 50.6. The molecule has 0 saturated carbocycles. The number of rotatable bonds is 33. The molecule has 0 amide bonds. The third-order valence-corrected chi connectivity index (χ3v) is 9.16. The van der Waals surface area contributed by atoms with E-state index >= 15 is 0 Å². The summed E-state index contributed by atoms with van der Waals surface area (Å²) in [5, 5.41) is 0. The highest BCUT2D eigenvalue weighted by atomic mass is 15.0. The second-order valence-corrected chi connectivity index (χ2v) is 13.1. The molecule has 0 radical (unpaired) electrons. The van der Waals surface area contributed by atoms with E-state index in [4.69, 9.17) is 0 Å². The average Bonchev–Trinajstić information content (AvgIpc) is 3.51. The smallest absolute Gasteiger partial charge is 0.0965 e. The Morgan fingerprint density at radius 1 is 0.350 bits per heavy atom. The van der Waals surface area contributed by atoms with Crippen molar-refractivity contribution >= 4 is 12.4 Å². The van der Waals surface area contributed by atoms with Crippen molar-refractivity contribution in [1.82, 2.24) is 0 Å². The van der Waals surface area contributed by atoms with Crippen molar-refractivity contribution in [3.63, 3.8) is 0 Å². The van der Waals surface area contributed by atoms with Crippen LogP contribution in [0.5, 0.6) is 0 Å². The average molecular weight is 558 g/mol. The molecule has 0 aromatic rings. The molecule has 0 spiro atoms. The molecule has 1 rings (SSSR count). The molecule has 0 fully saturated rings. The van der Waals surface area contributed by atoms with E-state index in [1.54, 1.807) is 0 Å². The van der Waals surface area contributed by atoms with E-state index in [9.17, 15) is 0 Å². The second kappa shape index (κ2) is 31.2. The number of unbranched alkanes of at least 4 members (excludes halogenated alkanes) is 28. The maximum atomic E-state index is 4.58. The van der Waals surface area contributed by atoms with Gasteiger partial charge in [0.05, 0.1) is 5.92 Å². The van der Waals surface area contributed by atoms with E-state index in [2.05, 4.69) is 23.8 Å². The summed E-state index contributed by atoms with van der Waals surface area (Å²) in [7, 11) is 0. The molecule has 1 aliphatic rings. The second-order valence-electron chi connectivity index (χ2n) is 13.1. The van der Waals surface area contributed by atoms with Crippen LogP contribution in [-0.2, 0) is 0 Å². The predicted octanol–water partition coefficient (Wildman–Crippen LogP) is 13.8. The van der Waals surface area contributed by atoms with E-state index in [1.807, 2.05) is 12.4 Å². The molecule has 1 heterocycles. The summed E-state index contributed by atoms with van der Waals surface area (Å²) >= 11 is 0. The molecule has 0 N–H and O–H groups in total. The van der Waals surface area contributed by atoms with Gasteiger partial charge >= 0.3 is 0 Å². The minimum absolute atomic E-state index is 0.596. The lowest BCUT2D eigenvalue weighted by Crippen LogP contribution is -2.08. The third kappa shape index (κ3) is 25.0. The van der Waals surface area contributed by atoms with Crippen LogP contribution >= 0.6 is 0 Å². The summed E-state index contributed by atoms with van der Waals surface area (Å²) in [5.41, 5.74) is 0. The molecule has 0 aromatic carbocycles. The zero-order chi connectivity index (χ0) is 28.6. The highest BCUT2D eigenvalue weighted by Crippen LogP contribution is 2.30. The molecule has 0 aliphatic carbocycles. The van der Waals surface area contributed by atoms with E-state index in [0.717, 1.165) is 6.17 Å². The standard InChI is InChI=1S/C38H73N2/c1-3-5-7-9-11-13-15-17-19-21-23-25-27-29-31-33-37(38-39-35-36-40-38)34-32-30-28-26-24-22-20-18-16-14-12-10-8-6-4-2/h35-37H,3-34H2,1-2H3/q+1. The molecule has 2 nitrogen and oxygen atoms in total. The quantitative estimate of drug-likeness (QED) is 0.0566. The van der Waals surface area contributed by atoms with Crippen LogP contribution < -0.4 is 0 Å². The molecule has 0 bridgehead atoms. The van der Waals surface area contributed by atoms with Crippen LogP contribution in [0.25, 0.3) is 0 Å². The monoisotopic (exact) mass is 558 g/mol. The van der Waals surface area contributed by atoms with E-state index in [0.29, 0.717) is 5.92 Å². The molecule has 1 aliphatic heterocycles. The Balaban J connectivity index is 1.90. The fraction of sp³-hybridized carbons (Fsp3) is 0.921. The number of aliphatic imine (C=N–C) groups is 2. The van der Waals surface area contributed by atoms with Crippen LogP contribution in [0.4, 0.5) is 0 Å². The van der Waals surface area contributed by atoms with Crippen molar-refractivity contribution in [1.29, 1.82) is 0 Å². The van der Waals surface area contributed by atoms with Gasteiger partial charge in [-0.15, -0.1) is 0 Å². The lowest BCUT2D eigenvalue weighted by atomic mass is 9.92. The first-order valence-electron chi connectivity index (χ1n) is 18.8. The van der Waals surface area contributed by atoms with Gasteiger partial charge in [0.15, 0.2) is 12.4 Å². The van der Waals surface area contributed by atoms with Crippen molar-refractivity contribution in [3.05, 3.63) is 6.17 Å². The highest BCUT2D eigenvalue weighted by molar-refractivity contribution is 6.18. The van der Waals surface area contributed by atoms with E-state index < -0.39 is 0 Å². The first kappa shape index (κ1) is 37.2. The maximum absolute atomic E-state index is 4.58. The van der Waals surface area contributed by atoms with Gasteiger partial charge in [-0.1, -0.05) is 216 Å². The molecular formula is C38H73N2+. The van der Waals surface area contributed by atoms with Crippen LogP contribution in [0, 0.1) is 12.1 Å². The zero-order valence-corrected chi connectivity index (χ0v) is 27.8. The van der Waals surface area contributed by atoms with Gasteiger partial charge < -0.3 is 0 Å². The summed E-state index contributed by atoms with van der Waals surface area (Å²) in [6.45, 7) is 4.61. The fourth-order valence-electron chi connectivity index (χ4n) is 6.39. The van der Waals surface area contributed by atoms with Crippen LogP contribution in [0.2, 0.25) is 0 Å². The molecule has 40 heavy (non-hydrogen) atoms. The Kier molecular flexibility index (Phi) is 29.0. The van der Waals surface area contributed by atoms with Gasteiger partial charge in [-0.05, 0) is 12.8 Å². The van der Waals surface area contributed by atoms with E-state index in [1.165, 1.54) is 205 Å². The lowest BCUT2D eigenvalue weighted by molar-refractivity contribution is 0.409. The first-order chi connectivity index (χ1) is 19.9. The van der Waals surface area contributed by atoms with Crippen LogP contribution in [0.1, 0.15) is 219 Å². The lowest BCUT2D eigenvalue weighted by Gasteiger charge is -2.14. The van der Waals surface area contributed by atoms with Crippen molar-refractivity contribution < 1.29 is 0 Å². The largest absolute Gasteiger partial charge is 0.243 e. The molecule has 0 atom stereocenters. The minimum atomic E-state index is 0.596. The molecule has 0 unspecified atom stereocenters. The Labute approximate surface area is 253 Å². The summed E-state index contributed by atoms with van der Waals surface area (Å²) in [4.78, 5) is 9.16. The Morgan fingerprint density at radius 2 is 0.575 bits per heavy atom. The van der Waals surface area contributed by atoms with Gasteiger partial charge in [-0.3, -0.25) is 0 Å². The number of nitrogens with zero attached hydrogens (tertiary/aromatic N) is 2. The van der Waals surface area contributed by atoms with Gasteiger partial charge in [0.2, 0.25) is 6.17 Å². The summed E-state index contributed by atoms with van der Waals surface area (Å²) in [6, 6.07) is 0. The topological polar surface area (TPSA) is 24.7 Å². The van der Waals surface area contributed by atoms with Crippen LogP contribution in [-0.4, -0.2) is 12.4 Å². The minimum Gasteiger partial charge on any atom is -0.0965 e. The maximum Gasteiger partial charge on any atom is 0.243 e. The predicted molar refractivity (Wildman–Crippen MR) is 183 cm³/mol. The fourth-order valence-corrected chi connectivity index (χ4v) is 6.39. The summed E-state index contributed by atoms with van der Waals surface area (Å²) in [5.74, 6) is 0.596. The zero-order valence-electron chi connectivity index (χ0n) is 27.8. The van der Waals surface area contributed by atoms with Crippen molar-refractivity contribution in [2.24, 2.45) is 15.9 Å². The van der Waals surface area contributed by atoms with Gasteiger partial charge in [-0.2, -0.15) is 0 Å². The van der Waals surface area contributed by atoms with E-state index in [-0.39, 0.29) is 0 Å². The normalized spacial score (nSPS) is 12.9. The van der Waals surface area contributed by atoms with Gasteiger partial charge in [0.25, 0.3) is 0 Å². The Bertz CT molecular complexity index is 494. The third-order valence-electron chi connectivity index (χ3n) is 9.16. The van der Waals surface area contributed by atoms with Crippen LogP contribution in [0.3, 0.4) is 0 Å². The number of hydrogen-bond donors (Lipinski definition) is 0. The Morgan fingerprint density at radius 3 is 0.825 bits per heavy atom. The summed E-state index contributed by atoms with van der Waals surface area (Å²) < 4.78 is 0. The number of hydrogen-bond acceptors (Lipinski definition) is 2. The van der Waals surface area contributed by atoms with Gasteiger partial charge in [0, 0.05) is 0 Å². The molecule has 0 saturated heterocycles. The van der Waals surface area contributed by atoms with Crippen molar-refractivity contribution in [2.75, 3.05) is 0 Å². The highest BCUT2D eigenvalue weighted by Gasteiger charge is 2.27. The van der Waals surface area contributed by atoms with Crippen molar-refractivity contribution in [3.8, 4) is 0 Å². The van der Waals surface area contributed by atoms with Gasteiger partial charge in [-0.25, -0.2) is 0 Å².